The number of carbonyl (C=O) groups excluding carboxylic acids is 1. The molecule has 2 aromatic carbocycles. The Morgan fingerprint density at radius 3 is 2.67 bits per heavy atom. The van der Waals surface area contributed by atoms with E-state index in [0.717, 1.165) is 21.1 Å². The maximum absolute atomic E-state index is 13.6. The number of carbonyl (C=O) groups is 1. The van der Waals surface area contributed by atoms with Gasteiger partial charge in [-0.3, -0.25) is 4.79 Å². The van der Waals surface area contributed by atoms with E-state index in [1.54, 1.807) is 18.4 Å². The monoisotopic (exact) mass is 389 g/mol. The number of aromatic nitrogens is 1. The van der Waals surface area contributed by atoms with Crippen LogP contribution < -0.4 is 15.0 Å². The predicted octanol–water partition coefficient (Wildman–Crippen LogP) is 3.34. The largest absolute Gasteiger partial charge is 0.494 e. The van der Waals surface area contributed by atoms with Crippen molar-refractivity contribution in [3.8, 4) is 5.75 Å². The minimum absolute atomic E-state index is 0.125. The molecule has 1 fully saturated rings. The number of thiazole rings is 1. The van der Waals surface area contributed by atoms with Gasteiger partial charge < -0.3 is 15.0 Å². The van der Waals surface area contributed by atoms with Crippen molar-refractivity contribution in [3.05, 3.63) is 53.6 Å². The third kappa shape index (κ3) is 3.32. The average molecular weight is 389 g/mol. The molecule has 1 aliphatic heterocycles. The Morgan fingerprint density at radius 1 is 1.26 bits per heavy atom. The molecule has 1 N–H and O–H groups in total. The Labute approximate surface area is 158 Å². The summed E-state index contributed by atoms with van der Waals surface area (Å²) in [5.41, 5.74) is 0.684. The molecule has 1 saturated heterocycles. The molecule has 1 amide bonds. The third-order valence-corrected chi connectivity index (χ3v) is 5.70. The van der Waals surface area contributed by atoms with Crippen molar-refractivity contribution in [2.24, 2.45) is 5.92 Å². The fraction of sp³-hybridized carbons (Fsp3) is 0.263. The fourth-order valence-electron chi connectivity index (χ4n) is 3.03. The van der Waals surface area contributed by atoms with Crippen LogP contribution in [-0.2, 0) is 11.3 Å². The number of hydrogen-bond acceptors (Lipinski definition) is 5. The minimum Gasteiger partial charge on any atom is -0.494 e. The van der Waals surface area contributed by atoms with Crippen molar-refractivity contribution in [2.45, 2.75) is 6.54 Å². The molecule has 140 valence electrons. The summed E-state index contributed by atoms with van der Waals surface area (Å²) in [4.78, 5) is 18.9. The molecule has 1 aliphatic rings. The number of ether oxygens (including phenoxy) is 1. The van der Waals surface area contributed by atoms with E-state index in [0.29, 0.717) is 13.1 Å². The lowest BCUT2D eigenvalue weighted by Gasteiger charge is -2.37. The van der Waals surface area contributed by atoms with Crippen molar-refractivity contribution in [1.29, 1.82) is 0 Å². The Kier molecular flexibility index (Phi) is 4.65. The molecular formula is C19H17F2N3O2S. The number of amides is 1. The molecule has 0 aliphatic carbocycles. The first-order chi connectivity index (χ1) is 13.1. The molecule has 5 nitrogen and oxygen atoms in total. The number of rotatable bonds is 5. The van der Waals surface area contributed by atoms with Gasteiger partial charge in [-0.2, -0.15) is 0 Å². The van der Waals surface area contributed by atoms with Crippen LogP contribution >= 0.6 is 11.3 Å². The van der Waals surface area contributed by atoms with Gasteiger partial charge in [0.1, 0.15) is 22.9 Å². The molecular weight excluding hydrogens is 372 g/mol. The van der Waals surface area contributed by atoms with E-state index in [2.05, 4.69) is 10.3 Å². The van der Waals surface area contributed by atoms with Gasteiger partial charge in [-0.15, -0.1) is 0 Å². The van der Waals surface area contributed by atoms with Gasteiger partial charge in [0, 0.05) is 25.2 Å². The second kappa shape index (κ2) is 7.11. The SMILES string of the molecule is COc1cccc2sc(N3CC(C(=O)NCc4c(F)cccc4F)C3)nc12. The maximum atomic E-state index is 13.6. The van der Waals surface area contributed by atoms with E-state index in [1.807, 2.05) is 23.1 Å². The highest BCUT2D eigenvalue weighted by Gasteiger charge is 2.34. The van der Waals surface area contributed by atoms with Gasteiger partial charge in [0.2, 0.25) is 5.91 Å². The van der Waals surface area contributed by atoms with Crippen LogP contribution in [0.1, 0.15) is 5.56 Å². The molecule has 4 rings (SSSR count). The fourth-order valence-corrected chi connectivity index (χ4v) is 4.03. The highest BCUT2D eigenvalue weighted by atomic mass is 32.1. The molecule has 3 aromatic rings. The molecule has 0 spiro atoms. The third-order valence-electron chi connectivity index (χ3n) is 4.61. The first-order valence-corrected chi connectivity index (χ1v) is 9.27. The Balaban J connectivity index is 1.37. The van der Waals surface area contributed by atoms with Gasteiger partial charge in [0.05, 0.1) is 17.7 Å². The summed E-state index contributed by atoms with van der Waals surface area (Å²) >= 11 is 1.54. The van der Waals surface area contributed by atoms with E-state index in [4.69, 9.17) is 4.74 Å². The summed E-state index contributed by atoms with van der Waals surface area (Å²) in [7, 11) is 1.61. The van der Waals surface area contributed by atoms with Crippen LogP contribution in [0.4, 0.5) is 13.9 Å². The van der Waals surface area contributed by atoms with Crippen LogP contribution in [0.2, 0.25) is 0 Å². The maximum Gasteiger partial charge on any atom is 0.226 e. The number of benzene rings is 2. The highest BCUT2D eigenvalue weighted by Crippen LogP contribution is 2.36. The predicted molar refractivity (Wildman–Crippen MR) is 100 cm³/mol. The second-order valence-electron chi connectivity index (χ2n) is 6.32. The molecule has 1 aromatic heterocycles. The number of nitrogens with one attached hydrogen (secondary N) is 1. The molecule has 0 unspecified atom stereocenters. The van der Waals surface area contributed by atoms with E-state index in [-0.39, 0.29) is 23.9 Å². The Hall–Kier alpha value is -2.74. The first kappa shape index (κ1) is 17.7. The number of para-hydroxylation sites is 1. The van der Waals surface area contributed by atoms with Crippen LogP contribution in [0.5, 0.6) is 5.75 Å². The Bertz CT molecular complexity index is 982. The number of anilines is 1. The molecule has 0 saturated carbocycles. The van der Waals surface area contributed by atoms with Gasteiger partial charge in [0.25, 0.3) is 0 Å². The summed E-state index contributed by atoms with van der Waals surface area (Å²) in [5.74, 6) is -1.04. The summed E-state index contributed by atoms with van der Waals surface area (Å²) in [6, 6.07) is 9.41. The van der Waals surface area contributed by atoms with Gasteiger partial charge in [-0.25, -0.2) is 13.8 Å². The van der Waals surface area contributed by atoms with Crippen molar-refractivity contribution >= 4 is 32.6 Å². The van der Waals surface area contributed by atoms with Crippen molar-refractivity contribution < 1.29 is 18.3 Å². The molecule has 0 bridgehead atoms. The first-order valence-electron chi connectivity index (χ1n) is 8.46. The highest BCUT2D eigenvalue weighted by molar-refractivity contribution is 7.22. The van der Waals surface area contributed by atoms with Gasteiger partial charge in [-0.1, -0.05) is 23.5 Å². The van der Waals surface area contributed by atoms with Gasteiger partial charge in [0.15, 0.2) is 5.13 Å². The van der Waals surface area contributed by atoms with Crippen LogP contribution in [0, 0.1) is 17.6 Å². The van der Waals surface area contributed by atoms with Crippen LogP contribution in [0.25, 0.3) is 10.2 Å². The van der Waals surface area contributed by atoms with Crippen LogP contribution in [0.3, 0.4) is 0 Å². The number of fused-ring (bicyclic) bond motifs is 1. The molecule has 8 heteroatoms. The van der Waals surface area contributed by atoms with Crippen LogP contribution in [0.15, 0.2) is 36.4 Å². The van der Waals surface area contributed by atoms with Crippen molar-refractivity contribution in [3.63, 3.8) is 0 Å². The summed E-state index contributed by atoms with van der Waals surface area (Å²) in [6.45, 7) is 0.883. The summed E-state index contributed by atoms with van der Waals surface area (Å²) in [6.07, 6.45) is 0. The zero-order chi connectivity index (χ0) is 19.0. The lowest BCUT2D eigenvalue weighted by Crippen LogP contribution is -2.53. The lowest BCUT2D eigenvalue weighted by atomic mass is 10.00. The van der Waals surface area contributed by atoms with Gasteiger partial charge in [-0.05, 0) is 24.3 Å². The minimum atomic E-state index is -0.658. The van der Waals surface area contributed by atoms with Crippen molar-refractivity contribution in [2.75, 3.05) is 25.1 Å². The van der Waals surface area contributed by atoms with E-state index >= 15 is 0 Å². The zero-order valence-electron chi connectivity index (χ0n) is 14.5. The quantitative estimate of drug-likeness (QED) is 0.727. The molecule has 0 radical (unpaired) electrons. The number of methoxy groups -OCH3 is 1. The number of hydrogen-bond donors (Lipinski definition) is 1. The van der Waals surface area contributed by atoms with Gasteiger partial charge >= 0.3 is 0 Å². The van der Waals surface area contributed by atoms with Crippen LogP contribution in [-0.4, -0.2) is 31.1 Å². The zero-order valence-corrected chi connectivity index (χ0v) is 15.4. The number of nitrogens with zero attached hydrogens (tertiary/aromatic N) is 2. The van der Waals surface area contributed by atoms with Crippen molar-refractivity contribution in [1.82, 2.24) is 10.3 Å². The second-order valence-corrected chi connectivity index (χ2v) is 7.33. The molecule has 27 heavy (non-hydrogen) atoms. The standard InChI is InChI=1S/C19H17F2N3O2S/c1-26-15-6-3-7-16-17(15)23-19(27-16)24-9-11(10-24)18(25)22-8-12-13(20)4-2-5-14(12)21/h2-7,11H,8-10H2,1H3,(H,22,25). The topological polar surface area (TPSA) is 54.5 Å². The van der Waals surface area contributed by atoms with E-state index in [9.17, 15) is 13.6 Å². The number of halogens is 2. The molecule has 2 heterocycles. The van der Waals surface area contributed by atoms with E-state index < -0.39 is 11.6 Å². The van der Waals surface area contributed by atoms with E-state index in [1.165, 1.54) is 18.2 Å². The lowest BCUT2D eigenvalue weighted by molar-refractivity contribution is -0.125. The summed E-state index contributed by atoms with van der Waals surface area (Å²) < 4.78 is 33.6. The smallest absolute Gasteiger partial charge is 0.226 e. The summed E-state index contributed by atoms with van der Waals surface area (Å²) in [5, 5.41) is 3.45. The molecule has 0 atom stereocenters. The Morgan fingerprint density at radius 2 is 1.96 bits per heavy atom. The normalized spacial score (nSPS) is 14.3. The average Bonchev–Trinajstić information content (AvgIpc) is 3.03.